The number of carbonyl (C=O) groups is 1. The van der Waals surface area contributed by atoms with Gasteiger partial charge in [0.1, 0.15) is 0 Å². The Morgan fingerprint density at radius 2 is 2.05 bits per heavy atom. The van der Waals surface area contributed by atoms with E-state index in [9.17, 15) is 4.79 Å². The first-order valence-corrected chi connectivity index (χ1v) is 6.19. The second-order valence-corrected chi connectivity index (χ2v) is 4.46. The lowest BCUT2D eigenvalue weighted by Gasteiger charge is -2.28. The van der Waals surface area contributed by atoms with E-state index >= 15 is 0 Å². The van der Waals surface area contributed by atoms with Gasteiger partial charge >= 0.3 is 5.97 Å². The summed E-state index contributed by atoms with van der Waals surface area (Å²) in [6, 6.07) is 10.1. The van der Waals surface area contributed by atoms with E-state index in [2.05, 4.69) is 24.8 Å². The molecule has 4 heteroatoms. The highest BCUT2D eigenvalue weighted by Crippen LogP contribution is 2.18. The summed E-state index contributed by atoms with van der Waals surface area (Å²) in [5.41, 5.74) is 1.88. The van der Waals surface area contributed by atoms with Gasteiger partial charge in [-0.3, -0.25) is 0 Å². The molecule has 0 bridgehead atoms. The van der Waals surface area contributed by atoms with Crippen molar-refractivity contribution >= 4 is 17.7 Å². The Hall–Kier alpha value is -2.28. The maximum atomic E-state index is 10.4. The van der Waals surface area contributed by atoms with Crippen LogP contribution in [-0.2, 0) is 4.79 Å². The third-order valence-corrected chi connectivity index (χ3v) is 2.73. The Kier molecular flexibility index (Phi) is 5.62. The molecular weight excluding hydrogens is 240 g/mol. The second kappa shape index (κ2) is 7.22. The molecule has 0 aliphatic rings. The van der Waals surface area contributed by atoms with Crippen LogP contribution in [0.2, 0.25) is 0 Å². The average molecular weight is 258 g/mol. The molecule has 19 heavy (non-hydrogen) atoms. The minimum absolute atomic E-state index is 0.314. The number of benzene rings is 1. The van der Waals surface area contributed by atoms with Gasteiger partial charge in [0.2, 0.25) is 0 Å². The van der Waals surface area contributed by atoms with E-state index in [0.717, 1.165) is 17.3 Å². The molecule has 1 N–H and O–H groups in total. The minimum atomic E-state index is -0.957. The van der Waals surface area contributed by atoms with Crippen molar-refractivity contribution in [3.05, 3.63) is 35.9 Å². The summed E-state index contributed by atoms with van der Waals surface area (Å²) in [5, 5.41) is 17.2. The zero-order valence-electron chi connectivity index (χ0n) is 11.2. The van der Waals surface area contributed by atoms with Crippen molar-refractivity contribution in [1.29, 1.82) is 5.26 Å². The largest absolute Gasteiger partial charge is 0.478 e. The number of rotatable bonds is 6. The monoisotopic (exact) mass is 258 g/mol. The third-order valence-electron chi connectivity index (χ3n) is 2.73. The van der Waals surface area contributed by atoms with E-state index in [0.29, 0.717) is 19.0 Å². The maximum Gasteiger partial charge on any atom is 0.328 e. The number of hydrogen-bond acceptors (Lipinski definition) is 3. The molecule has 0 aliphatic heterocycles. The lowest BCUT2D eigenvalue weighted by molar-refractivity contribution is -0.131. The maximum absolute atomic E-state index is 10.4. The molecule has 0 unspecified atom stereocenters. The minimum Gasteiger partial charge on any atom is -0.478 e. The molecular formula is C15H18N2O2. The van der Waals surface area contributed by atoms with Crippen LogP contribution in [0.5, 0.6) is 0 Å². The second-order valence-electron chi connectivity index (χ2n) is 4.46. The standard InChI is InChI=1S/C15H18N2O2/c1-12(2)17(11-3-10-16)14-7-4-13(5-8-14)6-9-15(18)19/h4-9,12H,3,11H2,1-2H3,(H,18,19)/b9-6+. The van der Waals surface area contributed by atoms with Gasteiger partial charge in [-0.1, -0.05) is 12.1 Å². The highest BCUT2D eigenvalue weighted by molar-refractivity contribution is 5.85. The van der Waals surface area contributed by atoms with E-state index in [1.54, 1.807) is 6.08 Å². The average Bonchev–Trinajstić information content (AvgIpc) is 2.37. The van der Waals surface area contributed by atoms with Crippen LogP contribution >= 0.6 is 0 Å². The molecule has 4 nitrogen and oxygen atoms in total. The smallest absolute Gasteiger partial charge is 0.328 e. The Bertz CT molecular complexity index is 484. The Balaban J connectivity index is 2.83. The molecule has 100 valence electrons. The van der Waals surface area contributed by atoms with Gasteiger partial charge in [0.15, 0.2) is 0 Å². The number of aliphatic carboxylic acids is 1. The SMILES string of the molecule is CC(C)N(CCC#N)c1ccc(/C=C/C(=O)O)cc1. The van der Waals surface area contributed by atoms with Crippen LogP contribution in [0.15, 0.2) is 30.3 Å². The van der Waals surface area contributed by atoms with E-state index in [1.165, 1.54) is 0 Å². The zero-order chi connectivity index (χ0) is 14.3. The predicted octanol–water partition coefficient (Wildman–Crippen LogP) is 2.91. The van der Waals surface area contributed by atoms with Crippen molar-refractivity contribution in [2.45, 2.75) is 26.3 Å². The van der Waals surface area contributed by atoms with Gasteiger partial charge in [0.25, 0.3) is 0 Å². The fraction of sp³-hybridized carbons (Fsp3) is 0.333. The molecule has 1 aromatic rings. The van der Waals surface area contributed by atoms with E-state index in [4.69, 9.17) is 10.4 Å². The van der Waals surface area contributed by atoms with E-state index < -0.39 is 5.97 Å². The summed E-state index contributed by atoms with van der Waals surface area (Å²) in [4.78, 5) is 12.6. The summed E-state index contributed by atoms with van der Waals surface area (Å²) in [6.07, 6.45) is 3.16. The summed E-state index contributed by atoms with van der Waals surface area (Å²) >= 11 is 0. The van der Waals surface area contributed by atoms with Gasteiger partial charge in [-0.2, -0.15) is 5.26 Å². The predicted molar refractivity (Wildman–Crippen MR) is 75.8 cm³/mol. The van der Waals surface area contributed by atoms with Gasteiger partial charge < -0.3 is 10.0 Å². The Morgan fingerprint density at radius 3 is 2.53 bits per heavy atom. The number of nitriles is 1. The fourth-order valence-electron chi connectivity index (χ4n) is 1.80. The molecule has 0 amide bonds. The summed E-state index contributed by atoms with van der Waals surface area (Å²) in [6.45, 7) is 4.85. The van der Waals surface area contributed by atoms with Crippen molar-refractivity contribution < 1.29 is 9.90 Å². The van der Waals surface area contributed by atoms with Gasteiger partial charge in [0, 0.05) is 24.4 Å². The van der Waals surface area contributed by atoms with Crippen molar-refractivity contribution in [2.24, 2.45) is 0 Å². The number of nitrogens with zero attached hydrogens (tertiary/aromatic N) is 2. The van der Waals surface area contributed by atoms with Crippen LogP contribution in [-0.4, -0.2) is 23.7 Å². The normalized spacial score (nSPS) is 10.6. The van der Waals surface area contributed by atoms with Crippen LogP contribution in [0.25, 0.3) is 6.08 Å². The quantitative estimate of drug-likeness (QED) is 0.797. The van der Waals surface area contributed by atoms with E-state index in [-0.39, 0.29) is 0 Å². The van der Waals surface area contributed by atoms with Gasteiger partial charge in [0.05, 0.1) is 12.5 Å². The highest BCUT2D eigenvalue weighted by atomic mass is 16.4. The van der Waals surface area contributed by atoms with E-state index in [1.807, 2.05) is 24.3 Å². The topological polar surface area (TPSA) is 64.3 Å². The van der Waals surface area contributed by atoms with Crippen LogP contribution in [0.3, 0.4) is 0 Å². The van der Waals surface area contributed by atoms with Crippen molar-refractivity contribution in [2.75, 3.05) is 11.4 Å². The van der Waals surface area contributed by atoms with Crippen molar-refractivity contribution in [3.63, 3.8) is 0 Å². The number of carboxylic acid groups (broad SMARTS) is 1. The van der Waals surface area contributed by atoms with Crippen molar-refractivity contribution in [1.82, 2.24) is 0 Å². The molecule has 1 aromatic carbocycles. The third kappa shape index (κ3) is 4.84. The van der Waals surface area contributed by atoms with Gasteiger partial charge in [-0.05, 0) is 37.6 Å². The molecule has 0 aliphatic carbocycles. The Labute approximate surface area is 113 Å². The highest BCUT2D eigenvalue weighted by Gasteiger charge is 2.09. The van der Waals surface area contributed by atoms with Crippen LogP contribution in [0.4, 0.5) is 5.69 Å². The number of hydrogen-bond donors (Lipinski definition) is 1. The lowest BCUT2D eigenvalue weighted by atomic mass is 10.1. The molecule has 0 heterocycles. The molecule has 0 saturated heterocycles. The van der Waals surface area contributed by atoms with Crippen molar-refractivity contribution in [3.8, 4) is 6.07 Å². The van der Waals surface area contributed by atoms with Crippen LogP contribution in [0.1, 0.15) is 25.8 Å². The Morgan fingerprint density at radius 1 is 1.42 bits per heavy atom. The molecule has 0 atom stereocenters. The fourth-order valence-corrected chi connectivity index (χ4v) is 1.80. The number of carboxylic acids is 1. The molecule has 1 rings (SSSR count). The molecule has 0 radical (unpaired) electrons. The van der Waals surface area contributed by atoms with Crippen LogP contribution < -0.4 is 4.90 Å². The zero-order valence-corrected chi connectivity index (χ0v) is 11.2. The van der Waals surface area contributed by atoms with Crippen LogP contribution in [0, 0.1) is 11.3 Å². The van der Waals surface area contributed by atoms with Gasteiger partial charge in [-0.15, -0.1) is 0 Å². The first-order chi connectivity index (χ1) is 9.04. The first-order valence-electron chi connectivity index (χ1n) is 6.19. The summed E-state index contributed by atoms with van der Waals surface area (Å²) in [7, 11) is 0. The molecule has 0 aromatic heterocycles. The first kappa shape index (κ1) is 14.8. The van der Waals surface area contributed by atoms with Gasteiger partial charge in [-0.25, -0.2) is 4.79 Å². The summed E-state index contributed by atoms with van der Waals surface area (Å²) < 4.78 is 0. The number of anilines is 1. The molecule has 0 spiro atoms. The summed E-state index contributed by atoms with van der Waals surface area (Å²) in [5.74, 6) is -0.957. The molecule has 0 saturated carbocycles. The molecule has 0 fully saturated rings. The lowest BCUT2D eigenvalue weighted by Crippen LogP contribution is -2.31.